The third-order valence-corrected chi connectivity index (χ3v) is 4.23. The van der Waals surface area contributed by atoms with Crippen LogP contribution in [0.15, 0.2) is 35.1 Å². The molecule has 0 fully saturated rings. The predicted molar refractivity (Wildman–Crippen MR) is 105 cm³/mol. The van der Waals surface area contributed by atoms with Crippen molar-refractivity contribution in [3.05, 3.63) is 46.2 Å². The Morgan fingerprint density at radius 2 is 1.85 bits per heavy atom. The maximum atomic E-state index is 12.7. The third kappa shape index (κ3) is 3.46. The minimum Gasteiger partial charge on any atom is -0.493 e. The Hall–Kier alpha value is -3.42. The van der Waals surface area contributed by atoms with Crippen LogP contribution in [0.4, 0.5) is 11.6 Å². The fourth-order valence-electron chi connectivity index (χ4n) is 2.99. The number of aromatic amines is 1. The van der Waals surface area contributed by atoms with Gasteiger partial charge in [-0.2, -0.15) is 4.98 Å². The molecule has 0 aliphatic heterocycles. The van der Waals surface area contributed by atoms with Crippen molar-refractivity contribution in [3.8, 4) is 17.2 Å². The van der Waals surface area contributed by atoms with Gasteiger partial charge in [0.05, 0.1) is 26.8 Å². The maximum Gasteiger partial charge on any atom is 0.286 e. The number of hydrogen-bond donors (Lipinski definition) is 2. The molecule has 0 amide bonds. The predicted octanol–water partition coefficient (Wildman–Crippen LogP) is 2.17. The first-order valence-corrected chi connectivity index (χ1v) is 8.27. The van der Waals surface area contributed by atoms with Crippen molar-refractivity contribution < 1.29 is 14.2 Å². The zero-order chi connectivity index (χ0) is 19.6. The number of fused-ring (bicyclic) bond motifs is 1. The minimum atomic E-state index is -0.420. The quantitative estimate of drug-likeness (QED) is 0.641. The highest BCUT2D eigenvalue weighted by Crippen LogP contribution is 2.41. The summed E-state index contributed by atoms with van der Waals surface area (Å²) in [4.78, 5) is 21.9. The van der Waals surface area contributed by atoms with Gasteiger partial charge < -0.3 is 29.8 Å². The Bertz CT molecular complexity index is 1030. The number of benzene rings is 2. The van der Waals surface area contributed by atoms with Gasteiger partial charge in [-0.3, -0.25) is 4.79 Å². The number of nitrogen functional groups attached to an aromatic ring is 1. The average molecular weight is 370 g/mol. The smallest absolute Gasteiger partial charge is 0.286 e. The largest absolute Gasteiger partial charge is 0.493 e. The molecule has 0 unspecified atom stereocenters. The second-order valence-electron chi connectivity index (χ2n) is 6.03. The van der Waals surface area contributed by atoms with Gasteiger partial charge in [0.2, 0.25) is 11.7 Å². The topological polar surface area (TPSA) is 103 Å². The van der Waals surface area contributed by atoms with Crippen molar-refractivity contribution in [2.24, 2.45) is 0 Å². The fourth-order valence-corrected chi connectivity index (χ4v) is 2.99. The highest BCUT2D eigenvalue weighted by atomic mass is 16.5. The van der Waals surface area contributed by atoms with Crippen LogP contribution in [0, 0.1) is 0 Å². The van der Waals surface area contributed by atoms with Gasteiger partial charge in [0.25, 0.3) is 5.56 Å². The molecule has 0 radical (unpaired) electrons. The van der Waals surface area contributed by atoms with Gasteiger partial charge in [-0.1, -0.05) is 12.1 Å². The van der Waals surface area contributed by atoms with E-state index in [0.29, 0.717) is 40.6 Å². The molecular weight excluding hydrogens is 348 g/mol. The highest BCUT2D eigenvalue weighted by Gasteiger charge is 2.20. The van der Waals surface area contributed by atoms with Gasteiger partial charge in [0, 0.05) is 25.3 Å². The van der Waals surface area contributed by atoms with E-state index in [1.165, 1.54) is 21.3 Å². The van der Waals surface area contributed by atoms with Gasteiger partial charge in [0.15, 0.2) is 11.5 Å². The molecule has 1 heterocycles. The van der Waals surface area contributed by atoms with E-state index < -0.39 is 5.56 Å². The molecule has 27 heavy (non-hydrogen) atoms. The number of H-pyrrole nitrogens is 1. The van der Waals surface area contributed by atoms with Crippen LogP contribution < -0.4 is 30.4 Å². The molecule has 2 aromatic carbocycles. The number of hydrogen-bond acceptors (Lipinski definition) is 7. The van der Waals surface area contributed by atoms with E-state index in [-0.39, 0.29) is 5.75 Å². The van der Waals surface area contributed by atoms with Crippen LogP contribution in [0.25, 0.3) is 10.9 Å². The lowest BCUT2D eigenvalue weighted by Gasteiger charge is -2.19. The molecule has 3 aromatic rings. The van der Waals surface area contributed by atoms with Crippen LogP contribution in [-0.4, -0.2) is 38.3 Å². The van der Waals surface area contributed by atoms with Crippen molar-refractivity contribution in [1.82, 2.24) is 9.97 Å². The van der Waals surface area contributed by atoms with Gasteiger partial charge >= 0.3 is 0 Å². The average Bonchev–Trinajstić information content (AvgIpc) is 2.66. The first-order valence-electron chi connectivity index (χ1n) is 8.27. The van der Waals surface area contributed by atoms with E-state index in [1.807, 2.05) is 36.2 Å². The van der Waals surface area contributed by atoms with Crippen molar-refractivity contribution in [2.75, 3.05) is 39.0 Å². The van der Waals surface area contributed by atoms with E-state index in [4.69, 9.17) is 19.9 Å². The van der Waals surface area contributed by atoms with Crippen LogP contribution in [0.3, 0.4) is 0 Å². The summed E-state index contributed by atoms with van der Waals surface area (Å²) in [6.45, 7) is 0.532. The minimum absolute atomic E-state index is 0.283. The molecule has 0 bridgehead atoms. The Labute approximate surface area is 156 Å². The lowest BCUT2D eigenvalue weighted by molar-refractivity contribution is 0.327. The van der Waals surface area contributed by atoms with Gasteiger partial charge in [0.1, 0.15) is 5.39 Å². The third-order valence-electron chi connectivity index (χ3n) is 4.23. The molecule has 0 aliphatic rings. The Morgan fingerprint density at radius 3 is 2.48 bits per heavy atom. The van der Waals surface area contributed by atoms with E-state index in [0.717, 1.165) is 5.56 Å². The summed E-state index contributed by atoms with van der Waals surface area (Å²) in [6, 6.07) is 9.25. The summed E-state index contributed by atoms with van der Waals surface area (Å²) >= 11 is 0. The van der Waals surface area contributed by atoms with Crippen molar-refractivity contribution >= 4 is 22.5 Å². The number of methoxy groups -OCH3 is 3. The van der Waals surface area contributed by atoms with Gasteiger partial charge in [-0.15, -0.1) is 0 Å². The van der Waals surface area contributed by atoms with Crippen molar-refractivity contribution in [1.29, 1.82) is 0 Å². The number of nitrogens with zero attached hydrogens (tertiary/aromatic N) is 2. The van der Waals surface area contributed by atoms with E-state index in [2.05, 4.69) is 9.97 Å². The second kappa shape index (κ2) is 7.45. The van der Waals surface area contributed by atoms with Crippen LogP contribution in [0.1, 0.15) is 5.56 Å². The number of rotatable bonds is 6. The summed E-state index contributed by atoms with van der Waals surface area (Å²) in [5, 5.41) is 0.302. The molecule has 3 rings (SSSR count). The molecule has 8 heteroatoms. The standard InChI is InChI=1S/C19H22N4O4/c1-23(10-11-6-5-7-12(20)8-11)19-21-13-9-14(25-2)16(26-3)17(27-4)15(13)18(24)22-19/h5-9H,10,20H2,1-4H3,(H,21,22,24). The number of anilines is 2. The van der Waals surface area contributed by atoms with E-state index in [1.54, 1.807) is 6.07 Å². The molecule has 8 nitrogen and oxygen atoms in total. The van der Waals surface area contributed by atoms with Gasteiger partial charge in [-0.25, -0.2) is 0 Å². The molecule has 0 spiro atoms. The Morgan fingerprint density at radius 1 is 1.11 bits per heavy atom. The zero-order valence-corrected chi connectivity index (χ0v) is 15.7. The SMILES string of the molecule is COc1cc2[nH]c(N(C)Cc3cccc(N)c3)nc(=O)c2c(OC)c1OC. The number of nitrogens with two attached hydrogens (primary N) is 1. The lowest BCUT2D eigenvalue weighted by atomic mass is 10.2. The maximum absolute atomic E-state index is 12.7. The first kappa shape index (κ1) is 18.4. The molecule has 3 N–H and O–H groups in total. The first-order chi connectivity index (χ1) is 13.0. The van der Waals surface area contributed by atoms with Crippen molar-refractivity contribution in [3.63, 3.8) is 0 Å². The van der Waals surface area contributed by atoms with Gasteiger partial charge in [-0.05, 0) is 17.7 Å². The molecule has 0 saturated heterocycles. The summed E-state index contributed by atoms with van der Waals surface area (Å²) in [5.41, 5.74) is 7.64. The molecule has 1 aromatic heterocycles. The van der Waals surface area contributed by atoms with E-state index in [9.17, 15) is 4.79 Å². The Balaban J connectivity index is 2.09. The molecule has 0 aliphatic carbocycles. The highest BCUT2D eigenvalue weighted by molar-refractivity contribution is 5.90. The molecular formula is C19H22N4O4. The summed E-state index contributed by atoms with van der Waals surface area (Å²) < 4.78 is 16.1. The normalized spacial score (nSPS) is 10.7. The number of nitrogens with one attached hydrogen (secondary N) is 1. The summed E-state index contributed by atoms with van der Waals surface area (Å²) in [7, 11) is 6.32. The summed E-state index contributed by atoms with van der Waals surface area (Å²) in [5.74, 6) is 1.50. The molecule has 0 atom stereocenters. The van der Waals surface area contributed by atoms with Crippen LogP contribution in [0.5, 0.6) is 17.2 Å². The van der Waals surface area contributed by atoms with Crippen LogP contribution >= 0.6 is 0 Å². The molecule has 0 saturated carbocycles. The monoisotopic (exact) mass is 370 g/mol. The number of aromatic nitrogens is 2. The lowest BCUT2D eigenvalue weighted by Crippen LogP contribution is -2.23. The zero-order valence-electron chi connectivity index (χ0n) is 15.7. The summed E-state index contributed by atoms with van der Waals surface area (Å²) in [6.07, 6.45) is 0. The fraction of sp³-hybridized carbons (Fsp3) is 0.263. The van der Waals surface area contributed by atoms with Crippen LogP contribution in [-0.2, 0) is 6.54 Å². The van der Waals surface area contributed by atoms with Crippen LogP contribution in [0.2, 0.25) is 0 Å². The Kier molecular flexibility index (Phi) is 5.07. The second-order valence-corrected chi connectivity index (χ2v) is 6.03. The van der Waals surface area contributed by atoms with Crippen molar-refractivity contribution in [2.45, 2.75) is 6.54 Å². The molecule has 142 valence electrons. The number of ether oxygens (including phenoxy) is 3. The van der Waals surface area contributed by atoms with E-state index >= 15 is 0 Å².